The van der Waals surface area contributed by atoms with E-state index in [1.165, 1.54) is 12.8 Å². The molecule has 1 atom stereocenters. The van der Waals surface area contributed by atoms with Gasteiger partial charge < -0.3 is 14.6 Å². The van der Waals surface area contributed by atoms with Gasteiger partial charge in [0.25, 0.3) is 0 Å². The Morgan fingerprint density at radius 1 is 1.24 bits per heavy atom. The van der Waals surface area contributed by atoms with E-state index in [0.717, 1.165) is 12.8 Å². The highest BCUT2D eigenvalue weighted by Gasteiger charge is 2.15. The van der Waals surface area contributed by atoms with E-state index in [2.05, 4.69) is 5.48 Å². The predicted octanol–water partition coefficient (Wildman–Crippen LogP) is 0.864. The Bertz CT molecular complexity index is 174. The number of hydroxylamine groups is 1. The van der Waals surface area contributed by atoms with Crippen molar-refractivity contribution in [3.8, 4) is 0 Å². The Hall–Kier alpha value is -0.200. The van der Waals surface area contributed by atoms with Crippen LogP contribution in [0.2, 0.25) is 0 Å². The van der Waals surface area contributed by atoms with Crippen molar-refractivity contribution >= 4 is 0 Å². The first-order chi connectivity index (χ1) is 8.33. The molecule has 0 aromatic carbocycles. The average molecular weight is 247 g/mol. The molecule has 0 aromatic rings. The van der Waals surface area contributed by atoms with Crippen LogP contribution < -0.4 is 5.48 Å². The quantitative estimate of drug-likeness (QED) is 0.443. The SMILES string of the molecule is CCOCCOCC(O)CNOC1CCCC1. The third-order valence-corrected chi connectivity index (χ3v) is 2.76. The molecular formula is C12H25NO4. The summed E-state index contributed by atoms with van der Waals surface area (Å²) >= 11 is 0. The van der Waals surface area contributed by atoms with Gasteiger partial charge in [0.15, 0.2) is 0 Å². The van der Waals surface area contributed by atoms with E-state index >= 15 is 0 Å². The smallest absolute Gasteiger partial charge is 0.0920 e. The molecule has 1 unspecified atom stereocenters. The van der Waals surface area contributed by atoms with E-state index in [-0.39, 0.29) is 0 Å². The summed E-state index contributed by atoms with van der Waals surface area (Å²) in [4.78, 5) is 5.43. The van der Waals surface area contributed by atoms with Crippen molar-refractivity contribution in [1.82, 2.24) is 5.48 Å². The van der Waals surface area contributed by atoms with Crippen LogP contribution in [0.3, 0.4) is 0 Å². The highest BCUT2D eigenvalue weighted by molar-refractivity contribution is 4.66. The van der Waals surface area contributed by atoms with Gasteiger partial charge in [0.1, 0.15) is 0 Å². The van der Waals surface area contributed by atoms with Gasteiger partial charge in [0.05, 0.1) is 32.0 Å². The first-order valence-electron chi connectivity index (χ1n) is 6.55. The molecule has 5 nitrogen and oxygen atoms in total. The molecule has 0 radical (unpaired) electrons. The topological polar surface area (TPSA) is 60.0 Å². The fourth-order valence-electron chi connectivity index (χ4n) is 1.81. The maximum Gasteiger partial charge on any atom is 0.0920 e. The van der Waals surface area contributed by atoms with Gasteiger partial charge in [-0.3, -0.25) is 4.84 Å². The number of aliphatic hydroxyl groups is 1. The molecule has 1 aliphatic carbocycles. The third-order valence-electron chi connectivity index (χ3n) is 2.76. The molecule has 2 N–H and O–H groups in total. The summed E-state index contributed by atoms with van der Waals surface area (Å²) in [5.74, 6) is 0. The van der Waals surface area contributed by atoms with Crippen LogP contribution in [0, 0.1) is 0 Å². The highest BCUT2D eigenvalue weighted by atomic mass is 16.7. The van der Waals surface area contributed by atoms with Crippen molar-refractivity contribution in [3.05, 3.63) is 0 Å². The number of hydrogen-bond acceptors (Lipinski definition) is 5. The zero-order valence-electron chi connectivity index (χ0n) is 10.7. The molecule has 0 heterocycles. The molecule has 0 aromatic heterocycles. The number of aliphatic hydroxyl groups excluding tert-OH is 1. The highest BCUT2D eigenvalue weighted by Crippen LogP contribution is 2.19. The molecule has 0 aliphatic heterocycles. The Kier molecular flexibility index (Phi) is 8.56. The van der Waals surface area contributed by atoms with Crippen LogP contribution in [0.15, 0.2) is 0 Å². The number of rotatable bonds is 10. The zero-order valence-corrected chi connectivity index (χ0v) is 10.7. The second-order valence-electron chi connectivity index (χ2n) is 4.30. The summed E-state index contributed by atoms with van der Waals surface area (Å²) < 4.78 is 10.4. The molecular weight excluding hydrogens is 222 g/mol. The number of nitrogens with one attached hydrogen (secondary N) is 1. The van der Waals surface area contributed by atoms with Crippen LogP contribution in [-0.4, -0.2) is 50.3 Å². The molecule has 1 aliphatic rings. The van der Waals surface area contributed by atoms with Gasteiger partial charge in [0.2, 0.25) is 0 Å². The molecule has 17 heavy (non-hydrogen) atoms. The van der Waals surface area contributed by atoms with Gasteiger partial charge >= 0.3 is 0 Å². The lowest BCUT2D eigenvalue weighted by atomic mass is 10.3. The Morgan fingerprint density at radius 3 is 2.65 bits per heavy atom. The predicted molar refractivity (Wildman–Crippen MR) is 64.7 cm³/mol. The minimum atomic E-state index is -0.530. The standard InChI is InChI=1S/C12H25NO4/c1-2-15-7-8-16-10-11(14)9-13-17-12-5-3-4-6-12/h11-14H,2-10H2,1H3. The van der Waals surface area contributed by atoms with Gasteiger partial charge in [-0.2, -0.15) is 5.48 Å². The maximum absolute atomic E-state index is 9.57. The van der Waals surface area contributed by atoms with Crippen LogP contribution in [-0.2, 0) is 14.3 Å². The van der Waals surface area contributed by atoms with E-state index in [0.29, 0.717) is 39.1 Å². The van der Waals surface area contributed by atoms with Crippen molar-refractivity contribution in [3.63, 3.8) is 0 Å². The molecule has 1 saturated carbocycles. The second kappa shape index (κ2) is 9.79. The lowest BCUT2D eigenvalue weighted by Crippen LogP contribution is -2.33. The van der Waals surface area contributed by atoms with E-state index in [4.69, 9.17) is 14.3 Å². The van der Waals surface area contributed by atoms with Crippen LogP contribution in [0.4, 0.5) is 0 Å². The summed E-state index contributed by atoms with van der Waals surface area (Å²) in [6, 6.07) is 0. The van der Waals surface area contributed by atoms with Crippen molar-refractivity contribution in [1.29, 1.82) is 0 Å². The Balaban J connectivity index is 1.84. The first-order valence-corrected chi connectivity index (χ1v) is 6.55. The van der Waals surface area contributed by atoms with Crippen molar-refractivity contribution in [2.45, 2.75) is 44.8 Å². The lowest BCUT2D eigenvalue weighted by Gasteiger charge is -2.15. The largest absolute Gasteiger partial charge is 0.389 e. The monoisotopic (exact) mass is 247 g/mol. The summed E-state index contributed by atoms with van der Waals surface area (Å²) in [6.07, 6.45) is 4.52. The minimum absolute atomic E-state index is 0.314. The Morgan fingerprint density at radius 2 is 1.94 bits per heavy atom. The van der Waals surface area contributed by atoms with E-state index < -0.39 is 6.10 Å². The lowest BCUT2D eigenvalue weighted by molar-refractivity contribution is -0.0531. The summed E-state index contributed by atoms with van der Waals surface area (Å²) in [5.41, 5.74) is 2.82. The molecule has 0 saturated heterocycles. The van der Waals surface area contributed by atoms with Gasteiger partial charge in [-0.25, -0.2) is 0 Å². The molecule has 0 bridgehead atoms. The fourth-order valence-corrected chi connectivity index (χ4v) is 1.81. The van der Waals surface area contributed by atoms with Gasteiger partial charge in [-0.05, 0) is 19.8 Å². The molecule has 5 heteroatoms. The molecule has 0 amide bonds. The van der Waals surface area contributed by atoms with Gasteiger partial charge in [-0.15, -0.1) is 0 Å². The average Bonchev–Trinajstić information content (AvgIpc) is 2.82. The zero-order chi connectivity index (χ0) is 12.3. The summed E-state index contributed by atoms with van der Waals surface area (Å²) in [7, 11) is 0. The first kappa shape index (κ1) is 14.9. The van der Waals surface area contributed by atoms with Crippen LogP contribution in [0.1, 0.15) is 32.6 Å². The fraction of sp³-hybridized carbons (Fsp3) is 1.00. The molecule has 1 fully saturated rings. The maximum atomic E-state index is 9.57. The Labute approximate surface area is 103 Å². The van der Waals surface area contributed by atoms with Gasteiger partial charge in [0, 0.05) is 13.2 Å². The van der Waals surface area contributed by atoms with Crippen molar-refractivity contribution in [2.75, 3.05) is 33.0 Å². The third kappa shape index (κ3) is 7.68. The molecule has 102 valence electrons. The van der Waals surface area contributed by atoms with Crippen LogP contribution >= 0.6 is 0 Å². The normalized spacial score (nSPS) is 18.7. The van der Waals surface area contributed by atoms with Crippen LogP contribution in [0.5, 0.6) is 0 Å². The summed E-state index contributed by atoms with van der Waals surface area (Å²) in [5, 5.41) is 9.57. The second-order valence-corrected chi connectivity index (χ2v) is 4.30. The molecule has 0 spiro atoms. The van der Waals surface area contributed by atoms with Gasteiger partial charge in [-0.1, -0.05) is 12.8 Å². The summed E-state index contributed by atoms with van der Waals surface area (Å²) in [6.45, 7) is 4.46. The van der Waals surface area contributed by atoms with E-state index in [1.54, 1.807) is 0 Å². The number of ether oxygens (including phenoxy) is 2. The number of hydrogen-bond donors (Lipinski definition) is 2. The van der Waals surface area contributed by atoms with Crippen molar-refractivity contribution < 1.29 is 19.4 Å². The van der Waals surface area contributed by atoms with Crippen molar-refractivity contribution in [2.24, 2.45) is 0 Å². The van der Waals surface area contributed by atoms with E-state index in [1.807, 2.05) is 6.92 Å². The molecule has 1 rings (SSSR count). The minimum Gasteiger partial charge on any atom is -0.389 e. The van der Waals surface area contributed by atoms with E-state index in [9.17, 15) is 5.11 Å². The van der Waals surface area contributed by atoms with Crippen LogP contribution in [0.25, 0.3) is 0 Å².